The quantitative estimate of drug-likeness (QED) is 0.516. The summed E-state index contributed by atoms with van der Waals surface area (Å²) in [5.74, 6) is -0.581. The van der Waals surface area contributed by atoms with Crippen LogP contribution in [0.25, 0.3) is 10.9 Å². The minimum Gasteiger partial charge on any atom is -0.485 e. The molecule has 0 bridgehead atoms. The van der Waals surface area contributed by atoms with E-state index in [9.17, 15) is 8.60 Å². The Morgan fingerprint density at radius 3 is 2.58 bits per heavy atom. The first-order valence-corrected chi connectivity index (χ1v) is 12.9. The normalized spacial score (nSPS) is 18.8. The van der Waals surface area contributed by atoms with Crippen molar-refractivity contribution in [2.24, 2.45) is 4.36 Å². The number of aromatic nitrogens is 2. The Morgan fingerprint density at radius 1 is 1.09 bits per heavy atom. The lowest BCUT2D eigenvalue weighted by Gasteiger charge is -2.31. The van der Waals surface area contributed by atoms with Crippen molar-refractivity contribution in [3.63, 3.8) is 0 Å². The summed E-state index contributed by atoms with van der Waals surface area (Å²) in [6.45, 7) is 0. The van der Waals surface area contributed by atoms with Gasteiger partial charge in [-0.15, -0.1) is 0 Å². The zero-order valence-corrected chi connectivity index (χ0v) is 19.5. The van der Waals surface area contributed by atoms with E-state index in [4.69, 9.17) is 9.47 Å². The summed E-state index contributed by atoms with van der Waals surface area (Å²) in [6, 6.07) is 6.84. The summed E-state index contributed by atoms with van der Waals surface area (Å²) >= 11 is 0. The molecule has 2 atom stereocenters. The average Bonchev–Trinajstić information content (AvgIpc) is 2.74. The number of rotatable bonds is 6. The number of benzene rings is 2. The lowest BCUT2D eigenvalue weighted by Crippen LogP contribution is -2.36. The van der Waals surface area contributed by atoms with E-state index in [1.165, 1.54) is 43.1 Å². The highest BCUT2D eigenvalue weighted by Gasteiger charge is 2.27. The van der Waals surface area contributed by atoms with Gasteiger partial charge in [-0.3, -0.25) is 0 Å². The second kappa shape index (κ2) is 9.56. The summed E-state index contributed by atoms with van der Waals surface area (Å²) in [6.07, 6.45) is 7.65. The molecule has 0 spiro atoms. The maximum absolute atomic E-state index is 15.0. The lowest BCUT2D eigenvalue weighted by molar-refractivity contribution is -0.0227. The van der Waals surface area contributed by atoms with Crippen LogP contribution >= 0.6 is 0 Å². The largest absolute Gasteiger partial charge is 0.485 e. The molecule has 1 heterocycles. The van der Waals surface area contributed by atoms with Crippen molar-refractivity contribution < 1.29 is 22.5 Å². The van der Waals surface area contributed by atoms with Gasteiger partial charge in [-0.2, -0.15) is 4.36 Å². The first kappa shape index (κ1) is 23.3. The maximum atomic E-state index is 15.0. The van der Waals surface area contributed by atoms with Crippen LogP contribution < -0.4 is 10.1 Å². The van der Waals surface area contributed by atoms with Gasteiger partial charge in [-0.05, 0) is 37.5 Å². The Kier molecular flexibility index (Phi) is 6.76. The molecule has 0 aliphatic heterocycles. The van der Waals surface area contributed by atoms with Gasteiger partial charge in [0.15, 0.2) is 0 Å². The van der Waals surface area contributed by atoms with Crippen LogP contribution in [0.1, 0.15) is 25.7 Å². The van der Waals surface area contributed by atoms with Crippen LogP contribution in [0, 0.1) is 11.6 Å². The van der Waals surface area contributed by atoms with Crippen molar-refractivity contribution in [2.75, 3.05) is 24.9 Å². The molecule has 176 valence electrons. The molecule has 1 aliphatic rings. The molecule has 0 amide bonds. The van der Waals surface area contributed by atoms with Crippen LogP contribution in [0.3, 0.4) is 0 Å². The molecule has 33 heavy (non-hydrogen) atoms. The SMILES string of the molecule is CO[C@@H]1CCCC[C@H]1Oc1cc(F)ccc1Nc1ncnc2cc(N=S(C)(C)=O)cc(F)c12. The van der Waals surface area contributed by atoms with Crippen molar-refractivity contribution in [3.8, 4) is 5.75 Å². The molecule has 0 saturated heterocycles. The first-order chi connectivity index (χ1) is 15.7. The number of fused-ring (bicyclic) bond motifs is 1. The van der Waals surface area contributed by atoms with E-state index in [0.29, 0.717) is 17.0 Å². The number of hydrogen-bond acceptors (Lipinski definition) is 7. The van der Waals surface area contributed by atoms with Crippen molar-refractivity contribution in [2.45, 2.75) is 37.9 Å². The number of nitrogens with zero attached hydrogens (tertiary/aromatic N) is 3. The molecular formula is C23H26F2N4O3S. The number of halogens is 2. The van der Waals surface area contributed by atoms with Crippen molar-refractivity contribution in [3.05, 3.63) is 48.3 Å². The third-order valence-corrected chi connectivity index (χ3v) is 6.07. The number of anilines is 2. The smallest absolute Gasteiger partial charge is 0.146 e. The molecule has 0 unspecified atom stereocenters. The van der Waals surface area contributed by atoms with E-state index in [1.807, 2.05) is 0 Å². The van der Waals surface area contributed by atoms with E-state index in [2.05, 4.69) is 19.6 Å². The molecule has 3 aromatic rings. The molecule has 1 aromatic heterocycles. The maximum Gasteiger partial charge on any atom is 0.146 e. The number of methoxy groups -OCH3 is 1. The molecule has 1 aliphatic carbocycles. The van der Waals surface area contributed by atoms with Crippen LogP contribution in [0.5, 0.6) is 5.75 Å². The predicted octanol–water partition coefficient (Wildman–Crippen LogP) is 5.35. The Hall–Kier alpha value is -2.85. The Bertz CT molecular complexity index is 1290. The summed E-state index contributed by atoms with van der Waals surface area (Å²) in [4.78, 5) is 8.32. The molecule has 1 fully saturated rings. The summed E-state index contributed by atoms with van der Waals surface area (Å²) in [5, 5.41) is 3.20. The van der Waals surface area contributed by atoms with Gasteiger partial charge in [0.05, 0.1) is 28.4 Å². The van der Waals surface area contributed by atoms with Gasteiger partial charge in [0.1, 0.15) is 35.6 Å². The topological polar surface area (TPSA) is 85.7 Å². The van der Waals surface area contributed by atoms with E-state index >= 15 is 4.39 Å². The van der Waals surface area contributed by atoms with E-state index < -0.39 is 21.4 Å². The van der Waals surface area contributed by atoms with Gasteiger partial charge >= 0.3 is 0 Å². The fourth-order valence-electron chi connectivity index (χ4n) is 3.98. The Morgan fingerprint density at radius 2 is 1.85 bits per heavy atom. The van der Waals surface area contributed by atoms with Crippen molar-refractivity contribution in [1.82, 2.24) is 9.97 Å². The molecule has 2 aromatic carbocycles. The second-order valence-corrected chi connectivity index (χ2v) is 10.8. The van der Waals surface area contributed by atoms with Gasteiger partial charge < -0.3 is 14.8 Å². The number of ether oxygens (including phenoxy) is 2. The standard InChI is InChI=1S/C23H26F2N4O3S/c1-31-19-6-4-5-7-20(19)32-21-10-14(24)8-9-17(21)28-23-22-16(25)11-15(29-33(2,3)30)12-18(22)26-13-27-23/h8-13,19-20H,4-7H2,1-3H3,(H,26,27,28)/t19-,20-/m1/s1. The van der Waals surface area contributed by atoms with E-state index in [0.717, 1.165) is 25.7 Å². The van der Waals surface area contributed by atoms with E-state index in [1.54, 1.807) is 13.2 Å². The molecule has 7 nitrogen and oxygen atoms in total. The zero-order chi connectivity index (χ0) is 23.6. The lowest BCUT2D eigenvalue weighted by atomic mass is 9.94. The van der Waals surface area contributed by atoms with Crippen LogP contribution in [0.2, 0.25) is 0 Å². The summed E-state index contributed by atoms with van der Waals surface area (Å²) in [5.41, 5.74) is 0.967. The van der Waals surface area contributed by atoms with E-state index in [-0.39, 0.29) is 29.1 Å². The fraction of sp³-hybridized carbons (Fsp3) is 0.391. The summed E-state index contributed by atoms with van der Waals surface area (Å²) in [7, 11) is -0.823. The third-order valence-electron chi connectivity index (χ3n) is 5.42. The van der Waals surface area contributed by atoms with Gasteiger partial charge in [-0.25, -0.2) is 23.0 Å². The predicted molar refractivity (Wildman–Crippen MR) is 125 cm³/mol. The second-order valence-electron chi connectivity index (χ2n) is 8.30. The van der Waals surface area contributed by atoms with Crippen LogP contribution in [0.4, 0.5) is 26.0 Å². The highest BCUT2D eigenvalue weighted by atomic mass is 32.2. The molecule has 0 radical (unpaired) electrons. The number of nitrogens with one attached hydrogen (secondary N) is 1. The van der Waals surface area contributed by atoms with Crippen molar-refractivity contribution in [1.29, 1.82) is 0 Å². The minimum absolute atomic E-state index is 0.0817. The van der Waals surface area contributed by atoms with Gasteiger partial charge in [-0.1, -0.05) is 6.42 Å². The van der Waals surface area contributed by atoms with Crippen LogP contribution in [-0.4, -0.2) is 46.0 Å². The fourth-order valence-corrected chi connectivity index (χ4v) is 4.60. The van der Waals surface area contributed by atoms with Gasteiger partial charge in [0.25, 0.3) is 0 Å². The average molecular weight is 477 g/mol. The summed E-state index contributed by atoms with van der Waals surface area (Å²) < 4.78 is 56.8. The Labute approximate surface area is 191 Å². The van der Waals surface area contributed by atoms with Crippen LogP contribution in [0.15, 0.2) is 41.0 Å². The molecule has 1 N–H and O–H groups in total. The third kappa shape index (κ3) is 5.56. The monoisotopic (exact) mass is 476 g/mol. The van der Waals surface area contributed by atoms with Gasteiger partial charge in [0, 0.05) is 41.5 Å². The van der Waals surface area contributed by atoms with Crippen molar-refractivity contribution >= 4 is 37.8 Å². The highest BCUT2D eigenvalue weighted by Crippen LogP contribution is 2.35. The first-order valence-electron chi connectivity index (χ1n) is 10.6. The van der Waals surface area contributed by atoms with Crippen LogP contribution in [-0.2, 0) is 14.5 Å². The molecule has 1 saturated carbocycles. The molecule has 10 heteroatoms. The van der Waals surface area contributed by atoms with Gasteiger partial charge in [0.2, 0.25) is 0 Å². The minimum atomic E-state index is -2.46. The molecule has 4 rings (SSSR count). The zero-order valence-electron chi connectivity index (χ0n) is 18.7. The Balaban J connectivity index is 1.71. The highest BCUT2D eigenvalue weighted by molar-refractivity contribution is 7.92. The molecular weight excluding hydrogens is 450 g/mol. The number of hydrogen-bond donors (Lipinski definition) is 1.